The van der Waals surface area contributed by atoms with E-state index in [1.807, 2.05) is 6.92 Å². The molecular weight excluding hydrogens is 432 g/mol. The topological polar surface area (TPSA) is 82.5 Å². The molecule has 0 saturated carbocycles. The lowest BCUT2D eigenvalue weighted by atomic mass is 10.1. The molecule has 2 aromatic carbocycles. The van der Waals surface area contributed by atoms with Crippen LogP contribution in [0.3, 0.4) is 0 Å². The number of aryl methyl sites for hydroxylation is 1. The van der Waals surface area contributed by atoms with Crippen molar-refractivity contribution in [2.24, 2.45) is 0 Å². The van der Waals surface area contributed by atoms with Gasteiger partial charge in [0.2, 0.25) is 5.91 Å². The maximum atomic E-state index is 13.3. The van der Waals surface area contributed by atoms with Crippen molar-refractivity contribution < 1.29 is 22.8 Å². The third-order valence-electron chi connectivity index (χ3n) is 4.85. The molecule has 0 unspecified atom stereocenters. The minimum atomic E-state index is -3.15. The standard InChI is InChI=1S/C23H25FN3O4P/c1-4-27-23(18-7-10-20(24)11-8-18)19(15-25-27)9-14-22(28)26-21-12-5-17(6-13-21)16-32(29,30-2)31-3/h5-15H,4,16H2,1-3H3,(H,26,28). The Morgan fingerprint density at radius 2 is 1.78 bits per heavy atom. The van der Waals surface area contributed by atoms with Crippen LogP contribution >= 0.6 is 7.60 Å². The first-order valence-corrected chi connectivity index (χ1v) is 11.7. The number of rotatable bonds is 9. The average Bonchev–Trinajstić information content (AvgIpc) is 3.22. The van der Waals surface area contributed by atoms with Crippen molar-refractivity contribution in [2.45, 2.75) is 19.6 Å². The predicted octanol–water partition coefficient (Wildman–Crippen LogP) is 5.35. The van der Waals surface area contributed by atoms with E-state index < -0.39 is 7.60 Å². The van der Waals surface area contributed by atoms with Gasteiger partial charge in [-0.15, -0.1) is 0 Å². The fraction of sp³-hybridized carbons (Fsp3) is 0.217. The first kappa shape index (κ1) is 23.6. The lowest BCUT2D eigenvalue weighted by Crippen LogP contribution is -2.07. The number of benzene rings is 2. The Balaban J connectivity index is 1.70. The van der Waals surface area contributed by atoms with Gasteiger partial charge >= 0.3 is 7.60 Å². The predicted molar refractivity (Wildman–Crippen MR) is 123 cm³/mol. The molecule has 0 radical (unpaired) electrons. The highest BCUT2D eigenvalue weighted by Crippen LogP contribution is 2.49. The number of aromatic nitrogens is 2. The first-order valence-electron chi connectivity index (χ1n) is 9.97. The summed E-state index contributed by atoms with van der Waals surface area (Å²) >= 11 is 0. The summed E-state index contributed by atoms with van der Waals surface area (Å²) in [4.78, 5) is 12.4. The summed E-state index contributed by atoms with van der Waals surface area (Å²) < 4.78 is 37.2. The van der Waals surface area contributed by atoms with Gasteiger partial charge in [0.05, 0.1) is 18.1 Å². The fourth-order valence-corrected chi connectivity index (χ4v) is 4.22. The van der Waals surface area contributed by atoms with Crippen molar-refractivity contribution in [1.82, 2.24) is 9.78 Å². The molecule has 168 valence electrons. The number of carbonyl (C=O) groups is 1. The van der Waals surface area contributed by atoms with Crippen LogP contribution in [-0.4, -0.2) is 29.9 Å². The molecule has 0 aliphatic heterocycles. The quantitative estimate of drug-likeness (QED) is 0.346. The molecule has 1 heterocycles. The van der Waals surface area contributed by atoms with Crippen LogP contribution in [0.25, 0.3) is 17.3 Å². The van der Waals surface area contributed by atoms with Gasteiger partial charge in [0, 0.05) is 43.7 Å². The first-order chi connectivity index (χ1) is 15.4. The van der Waals surface area contributed by atoms with Crippen LogP contribution < -0.4 is 5.32 Å². The number of hydrogen-bond donors (Lipinski definition) is 1. The van der Waals surface area contributed by atoms with Crippen LogP contribution in [-0.2, 0) is 31.1 Å². The van der Waals surface area contributed by atoms with Crippen LogP contribution in [0.2, 0.25) is 0 Å². The second kappa shape index (κ2) is 10.5. The number of carbonyl (C=O) groups excluding carboxylic acids is 1. The molecule has 7 nitrogen and oxygen atoms in total. The Morgan fingerprint density at radius 1 is 1.12 bits per heavy atom. The Hall–Kier alpha value is -3.06. The van der Waals surface area contributed by atoms with Gasteiger partial charge in [0.1, 0.15) is 5.82 Å². The van der Waals surface area contributed by atoms with E-state index in [0.29, 0.717) is 12.2 Å². The molecule has 3 aromatic rings. The van der Waals surface area contributed by atoms with Crippen molar-refractivity contribution in [1.29, 1.82) is 0 Å². The minimum absolute atomic E-state index is 0.141. The molecule has 0 aliphatic carbocycles. The zero-order valence-corrected chi connectivity index (χ0v) is 19.0. The van der Waals surface area contributed by atoms with Crippen molar-refractivity contribution >= 4 is 25.3 Å². The Labute approximate surface area is 186 Å². The molecule has 1 aromatic heterocycles. The molecule has 0 aliphatic rings. The Kier molecular flexibility index (Phi) is 7.75. The summed E-state index contributed by atoms with van der Waals surface area (Å²) in [5.41, 5.74) is 3.73. The number of amides is 1. The zero-order chi connectivity index (χ0) is 23.1. The summed E-state index contributed by atoms with van der Waals surface area (Å²) in [5, 5.41) is 7.13. The fourth-order valence-electron chi connectivity index (χ4n) is 3.16. The summed E-state index contributed by atoms with van der Waals surface area (Å²) in [6.45, 7) is 2.60. The largest absolute Gasteiger partial charge is 0.334 e. The summed E-state index contributed by atoms with van der Waals surface area (Å²) in [7, 11) is -0.463. The third kappa shape index (κ3) is 5.79. The van der Waals surface area contributed by atoms with Crippen LogP contribution in [0.15, 0.2) is 60.8 Å². The smallest absolute Gasteiger partial charge is 0.323 e. The zero-order valence-electron chi connectivity index (χ0n) is 18.1. The molecule has 0 bridgehead atoms. The third-order valence-corrected chi connectivity index (χ3v) is 6.72. The second-order valence-corrected chi connectivity index (χ2v) is 9.19. The van der Waals surface area contributed by atoms with Gasteiger partial charge in [0.15, 0.2) is 0 Å². The molecular formula is C23H25FN3O4P. The van der Waals surface area contributed by atoms with Gasteiger partial charge < -0.3 is 14.4 Å². The highest BCUT2D eigenvalue weighted by Gasteiger charge is 2.21. The summed E-state index contributed by atoms with van der Waals surface area (Å²) in [5.74, 6) is -0.627. The number of halogens is 1. The number of nitrogens with one attached hydrogen (secondary N) is 1. The average molecular weight is 457 g/mol. The molecule has 0 saturated heterocycles. The van der Waals surface area contributed by atoms with Crippen molar-refractivity contribution in [3.8, 4) is 11.3 Å². The molecule has 3 rings (SSSR count). The minimum Gasteiger partial charge on any atom is -0.323 e. The number of hydrogen-bond acceptors (Lipinski definition) is 5. The van der Waals surface area contributed by atoms with Crippen molar-refractivity contribution in [2.75, 3.05) is 19.5 Å². The van der Waals surface area contributed by atoms with E-state index in [-0.39, 0.29) is 17.9 Å². The van der Waals surface area contributed by atoms with E-state index in [0.717, 1.165) is 22.4 Å². The van der Waals surface area contributed by atoms with Crippen LogP contribution in [0, 0.1) is 5.82 Å². The normalized spacial score (nSPS) is 11.8. The summed E-state index contributed by atoms with van der Waals surface area (Å²) in [6.07, 6.45) is 4.91. The monoisotopic (exact) mass is 457 g/mol. The lowest BCUT2D eigenvalue weighted by Gasteiger charge is -2.13. The van der Waals surface area contributed by atoms with E-state index in [9.17, 15) is 13.8 Å². The van der Waals surface area contributed by atoms with E-state index in [1.165, 1.54) is 32.4 Å². The van der Waals surface area contributed by atoms with E-state index in [2.05, 4.69) is 10.4 Å². The number of nitrogens with zero attached hydrogens (tertiary/aromatic N) is 2. The molecule has 32 heavy (non-hydrogen) atoms. The van der Waals surface area contributed by atoms with Gasteiger partial charge in [0.25, 0.3) is 0 Å². The van der Waals surface area contributed by atoms with E-state index in [4.69, 9.17) is 9.05 Å². The molecule has 0 fully saturated rings. The molecule has 0 atom stereocenters. The van der Waals surface area contributed by atoms with Crippen LogP contribution in [0.4, 0.5) is 10.1 Å². The van der Waals surface area contributed by atoms with Crippen LogP contribution in [0.5, 0.6) is 0 Å². The molecule has 1 N–H and O–H groups in total. The molecule has 9 heteroatoms. The highest BCUT2D eigenvalue weighted by atomic mass is 31.2. The number of anilines is 1. The Bertz CT molecular complexity index is 1130. The molecule has 1 amide bonds. The van der Waals surface area contributed by atoms with E-state index >= 15 is 0 Å². The van der Waals surface area contributed by atoms with Gasteiger partial charge in [-0.1, -0.05) is 12.1 Å². The van der Waals surface area contributed by atoms with Gasteiger partial charge in [-0.3, -0.25) is 14.0 Å². The maximum absolute atomic E-state index is 13.3. The van der Waals surface area contributed by atoms with Gasteiger partial charge in [-0.25, -0.2) is 4.39 Å². The van der Waals surface area contributed by atoms with Crippen molar-refractivity contribution in [3.05, 3.63) is 77.7 Å². The Morgan fingerprint density at radius 3 is 2.38 bits per heavy atom. The second-order valence-electron chi connectivity index (χ2n) is 6.92. The van der Waals surface area contributed by atoms with E-state index in [1.54, 1.807) is 53.4 Å². The lowest BCUT2D eigenvalue weighted by molar-refractivity contribution is -0.111. The SMILES string of the molecule is CCn1ncc(C=CC(=O)Nc2ccc(CP(=O)(OC)OC)cc2)c1-c1ccc(F)cc1. The van der Waals surface area contributed by atoms with Crippen LogP contribution in [0.1, 0.15) is 18.1 Å². The maximum Gasteiger partial charge on any atom is 0.334 e. The highest BCUT2D eigenvalue weighted by molar-refractivity contribution is 7.52. The van der Waals surface area contributed by atoms with Gasteiger partial charge in [-0.2, -0.15) is 5.10 Å². The molecule has 0 spiro atoms. The van der Waals surface area contributed by atoms with Crippen molar-refractivity contribution in [3.63, 3.8) is 0 Å². The van der Waals surface area contributed by atoms with Gasteiger partial charge in [-0.05, 0) is 55.0 Å². The summed E-state index contributed by atoms with van der Waals surface area (Å²) in [6, 6.07) is 13.1.